The van der Waals surface area contributed by atoms with Gasteiger partial charge in [0.25, 0.3) is 5.91 Å². The molecule has 0 spiro atoms. The first kappa shape index (κ1) is 18.0. The molecule has 0 bridgehead atoms. The van der Waals surface area contributed by atoms with Crippen LogP contribution in [0.15, 0.2) is 36.4 Å². The molecular formula is C16H12F3N3O3. The summed E-state index contributed by atoms with van der Waals surface area (Å²) < 4.78 is 39.3. The average molecular weight is 351 g/mol. The Hall–Kier alpha value is -3.36. The van der Waals surface area contributed by atoms with Crippen molar-refractivity contribution in [2.45, 2.75) is 0 Å². The highest BCUT2D eigenvalue weighted by Crippen LogP contribution is 2.19. The second kappa shape index (κ2) is 7.47. The fourth-order valence-corrected chi connectivity index (χ4v) is 1.89. The maximum absolute atomic E-state index is 13.4. The number of amides is 3. The average Bonchev–Trinajstić information content (AvgIpc) is 2.60. The van der Waals surface area contributed by atoms with Crippen LogP contribution >= 0.6 is 0 Å². The number of carbonyl (C=O) groups excluding carboxylic acids is 3. The van der Waals surface area contributed by atoms with Gasteiger partial charge in [-0.2, -0.15) is 0 Å². The fourth-order valence-electron chi connectivity index (χ4n) is 1.89. The van der Waals surface area contributed by atoms with Crippen LogP contribution < -0.4 is 16.4 Å². The quantitative estimate of drug-likeness (QED) is 0.713. The Balaban J connectivity index is 1.98. The summed E-state index contributed by atoms with van der Waals surface area (Å²) in [5.74, 6) is -6.91. The monoisotopic (exact) mass is 351 g/mol. The van der Waals surface area contributed by atoms with Gasteiger partial charge in [-0.3, -0.25) is 14.4 Å². The Bertz CT molecular complexity index is 856. The van der Waals surface area contributed by atoms with Crippen molar-refractivity contribution in [1.82, 2.24) is 5.32 Å². The van der Waals surface area contributed by atoms with Crippen molar-refractivity contribution in [1.29, 1.82) is 0 Å². The number of primary amides is 1. The van der Waals surface area contributed by atoms with Gasteiger partial charge in [0, 0.05) is 11.1 Å². The van der Waals surface area contributed by atoms with Crippen molar-refractivity contribution < 1.29 is 27.6 Å². The van der Waals surface area contributed by atoms with Crippen molar-refractivity contribution in [3.05, 3.63) is 65.0 Å². The number of nitrogens with two attached hydrogens (primary N) is 1. The van der Waals surface area contributed by atoms with E-state index in [0.29, 0.717) is 6.07 Å². The fraction of sp³-hybridized carbons (Fsp3) is 0.0625. The molecule has 0 saturated heterocycles. The van der Waals surface area contributed by atoms with E-state index in [1.165, 1.54) is 24.3 Å². The molecule has 0 aromatic heterocycles. The van der Waals surface area contributed by atoms with Crippen molar-refractivity contribution >= 4 is 23.4 Å². The Labute approximate surface area is 139 Å². The van der Waals surface area contributed by atoms with Gasteiger partial charge in [-0.15, -0.1) is 0 Å². The predicted molar refractivity (Wildman–Crippen MR) is 82.2 cm³/mol. The molecule has 0 aliphatic carbocycles. The Morgan fingerprint density at radius 3 is 2.32 bits per heavy atom. The molecule has 2 aromatic carbocycles. The molecule has 0 unspecified atom stereocenters. The van der Waals surface area contributed by atoms with Crippen molar-refractivity contribution in [2.24, 2.45) is 5.73 Å². The third-order valence-electron chi connectivity index (χ3n) is 3.13. The zero-order valence-electron chi connectivity index (χ0n) is 12.6. The number of hydrogen-bond acceptors (Lipinski definition) is 3. The highest BCUT2D eigenvalue weighted by atomic mass is 19.2. The molecule has 0 aliphatic rings. The van der Waals surface area contributed by atoms with E-state index in [9.17, 15) is 27.6 Å². The third-order valence-corrected chi connectivity index (χ3v) is 3.13. The summed E-state index contributed by atoms with van der Waals surface area (Å²) in [5, 5.41) is 4.24. The minimum atomic E-state index is -1.72. The third kappa shape index (κ3) is 4.34. The molecule has 0 aliphatic heterocycles. The van der Waals surface area contributed by atoms with Crippen LogP contribution in [0.1, 0.15) is 20.7 Å². The van der Waals surface area contributed by atoms with E-state index in [4.69, 9.17) is 5.73 Å². The van der Waals surface area contributed by atoms with E-state index < -0.39 is 47.4 Å². The summed E-state index contributed by atoms with van der Waals surface area (Å²) in [6.07, 6.45) is 0. The predicted octanol–water partition coefficient (Wildman–Crippen LogP) is 1.57. The van der Waals surface area contributed by atoms with Crippen molar-refractivity contribution in [2.75, 3.05) is 11.9 Å². The number of carbonyl (C=O) groups is 3. The highest BCUT2D eigenvalue weighted by molar-refractivity contribution is 6.01. The second-order valence-corrected chi connectivity index (χ2v) is 4.90. The maximum atomic E-state index is 13.4. The largest absolute Gasteiger partial charge is 0.366 e. The molecule has 6 nitrogen and oxygen atoms in total. The Morgan fingerprint density at radius 1 is 0.960 bits per heavy atom. The molecule has 25 heavy (non-hydrogen) atoms. The SMILES string of the molecule is NC(=O)c1cccc(C(=O)NCC(=O)Nc2ccc(F)c(F)c2F)c1. The summed E-state index contributed by atoms with van der Waals surface area (Å²) in [6.45, 7) is -0.557. The van der Waals surface area contributed by atoms with Crippen LogP contribution in [0.25, 0.3) is 0 Å². The summed E-state index contributed by atoms with van der Waals surface area (Å²) in [5.41, 5.74) is 4.74. The van der Waals surface area contributed by atoms with E-state index in [1.807, 2.05) is 5.32 Å². The topological polar surface area (TPSA) is 101 Å². The standard InChI is InChI=1S/C16H12F3N3O3/c17-10-4-5-11(14(19)13(10)18)22-12(23)7-21-16(25)9-3-1-2-8(6-9)15(20)24/h1-6H,7H2,(H2,20,24)(H,21,25)(H,22,23). The zero-order chi connectivity index (χ0) is 18.6. The van der Waals surface area contributed by atoms with E-state index >= 15 is 0 Å². The molecule has 130 valence electrons. The minimum Gasteiger partial charge on any atom is -0.366 e. The molecule has 4 N–H and O–H groups in total. The van der Waals surface area contributed by atoms with Crippen molar-refractivity contribution in [3.63, 3.8) is 0 Å². The van der Waals surface area contributed by atoms with Crippen LogP contribution in [0.2, 0.25) is 0 Å². The van der Waals surface area contributed by atoms with Gasteiger partial charge in [0.15, 0.2) is 17.5 Å². The van der Waals surface area contributed by atoms with E-state index in [2.05, 4.69) is 5.32 Å². The lowest BCUT2D eigenvalue weighted by atomic mass is 10.1. The first-order chi connectivity index (χ1) is 11.8. The van der Waals surface area contributed by atoms with Gasteiger partial charge in [-0.05, 0) is 30.3 Å². The van der Waals surface area contributed by atoms with Gasteiger partial charge < -0.3 is 16.4 Å². The van der Waals surface area contributed by atoms with Crippen LogP contribution in [0, 0.1) is 17.5 Å². The van der Waals surface area contributed by atoms with Crippen LogP contribution in [0.5, 0.6) is 0 Å². The lowest BCUT2D eigenvalue weighted by Crippen LogP contribution is -2.33. The maximum Gasteiger partial charge on any atom is 0.251 e. The van der Waals surface area contributed by atoms with Gasteiger partial charge >= 0.3 is 0 Å². The zero-order valence-corrected chi connectivity index (χ0v) is 12.6. The summed E-state index contributed by atoms with van der Waals surface area (Å²) in [4.78, 5) is 34.7. The van der Waals surface area contributed by atoms with Crippen LogP contribution in [0.3, 0.4) is 0 Å². The Kier molecular flexibility index (Phi) is 5.38. The molecule has 0 fully saturated rings. The van der Waals surface area contributed by atoms with Crippen LogP contribution in [0.4, 0.5) is 18.9 Å². The lowest BCUT2D eigenvalue weighted by molar-refractivity contribution is -0.115. The highest BCUT2D eigenvalue weighted by Gasteiger charge is 2.16. The lowest BCUT2D eigenvalue weighted by Gasteiger charge is -2.09. The molecular weight excluding hydrogens is 339 g/mol. The number of benzene rings is 2. The molecule has 0 radical (unpaired) electrons. The summed E-state index contributed by atoms with van der Waals surface area (Å²) >= 11 is 0. The summed E-state index contributed by atoms with van der Waals surface area (Å²) in [6, 6.07) is 6.99. The molecule has 2 rings (SSSR count). The number of anilines is 1. The van der Waals surface area contributed by atoms with E-state index in [1.54, 1.807) is 0 Å². The van der Waals surface area contributed by atoms with E-state index in [-0.39, 0.29) is 11.1 Å². The molecule has 0 saturated carbocycles. The molecule has 9 heteroatoms. The van der Waals surface area contributed by atoms with Crippen LogP contribution in [-0.4, -0.2) is 24.3 Å². The smallest absolute Gasteiger partial charge is 0.251 e. The first-order valence-corrected chi connectivity index (χ1v) is 6.91. The molecule has 0 heterocycles. The van der Waals surface area contributed by atoms with Gasteiger partial charge in [-0.1, -0.05) is 6.07 Å². The Morgan fingerprint density at radius 2 is 1.64 bits per heavy atom. The second-order valence-electron chi connectivity index (χ2n) is 4.90. The summed E-state index contributed by atoms with van der Waals surface area (Å²) in [7, 11) is 0. The minimum absolute atomic E-state index is 0.0862. The van der Waals surface area contributed by atoms with Crippen LogP contribution in [-0.2, 0) is 4.79 Å². The molecule has 2 aromatic rings. The molecule has 0 atom stereocenters. The number of nitrogens with one attached hydrogen (secondary N) is 2. The van der Waals surface area contributed by atoms with Gasteiger partial charge in [-0.25, -0.2) is 13.2 Å². The van der Waals surface area contributed by atoms with Gasteiger partial charge in [0.05, 0.1) is 12.2 Å². The molecule has 3 amide bonds. The normalized spacial score (nSPS) is 10.2. The number of halogens is 3. The number of hydrogen-bond donors (Lipinski definition) is 3. The van der Waals surface area contributed by atoms with Gasteiger partial charge in [0.2, 0.25) is 11.8 Å². The van der Waals surface area contributed by atoms with Gasteiger partial charge in [0.1, 0.15) is 0 Å². The van der Waals surface area contributed by atoms with Crippen molar-refractivity contribution in [3.8, 4) is 0 Å². The van der Waals surface area contributed by atoms with E-state index in [0.717, 1.165) is 6.07 Å². The first-order valence-electron chi connectivity index (χ1n) is 6.91. The number of rotatable bonds is 5.